The van der Waals surface area contributed by atoms with Gasteiger partial charge in [0.15, 0.2) is 0 Å². The molecule has 2 aromatic carbocycles. The maximum atomic E-state index is 13.8. The van der Waals surface area contributed by atoms with Crippen LogP contribution in [0.2, 0.25) is 5.02 Å². The van der Waals surface area contributed by atoms with E-state index in [-0.39, 0.29) is 11.6 Å². The van der Waals surface area contributed by atoms with Crippen LogP contribution in [0.3, 0.4) is 0 Å². The number of benzene rings is 2. The molecular formula is C17H14ClFN2O3S. The number of hydrogen-bond acceptors (Lipinski definition) is 6. The van der Waals surface area contributed by atoms with E-state index in [1.807, 2.05) is 0 Å². The summed E-state index contributed by atoms with van der Waals surface area (Å²) in [7, 11) is 3.12. The minimum atomic E-state index is -0.364. The van der Waals surface area contributed by atoms with Crippen LogP contribution >= 0.6 is 23.4 Å². The van der Waals surface area contributed by atoms with E-state index in [2.05, 4.69) is 10.2 Å². The lowest BCUT2D eigenvalue weighted by Gasteiger charge is -2.07. The highest BCUT2D eigenvalue weighted by Gasteiger charge is 2.16. The first-order valence-corrected chi connectivity index (χ1v) is 8.60. The first kappa shape index (κ1) is 17.6. The minimum Gasteiger partial charge on any atom is -0.497 e. The number of thioether (sulfide) groups is 1. The molecule has 0 bridgehead atoms. The van der Waals surface area contributed by atoms with Gasteiger partial charge in [-0.05, 0) is 24.3 Å². The second-order valence-corrected chi connectivity index (χ2v) is 6.26. The van der Waals surface area contributed by atoms with Crippen molar-refractivity contribution in [3.8, 4) is 23.0 Å². The van der Waals surface area contributed by atoms with E-state index in [1.54, 1.807) is 44.6 Å². The van der Waals surface area contributed by atoms with Gasteiger partial charge in [-0.2, -0.15) is 0 Å². The molecule has 25 heavy (non-hydrogen) atoms. The van der Waals surface area contributed by atoms with Crippen molar-refractivity contribution in [2.45, 2.75) is 11.0 Å². The van der Waals surface area contributed by atoms with Crippen molar-refractivity contribution < 1.29 is 18.3 Å². The smallest absolute Gasteiger partial charge is 0.277 e. The Bertz CT molecular complexity index is 868. The molecule has 130 valence electrons. The summed E-state index contributed by atoms with van der Waals surface area (Å²) in [5.74, 6) is 1.44. The Hall–Kier alpha value is -2.25. The van der Waals surface area contributed by atoms with E-state index in [9.17, 15) is 4.39 Å². The second-order valence-electron chi connectivity index (χ2n) is 4.93. The predicted octanol–water partition coefficient (Wildman–Crippen LogP) is 4.84. The van der Waals surface area contributed by atoms with E-state index >= 15 is 0 Å². The quantitative estimate of drug-likeness (QED) is 0.570. The van der Waals surface area contributed by atoms with Crippen LogP contribution in [-0.2, 0) is 5.75 Å². The fraction of sp³-hybridized carbons (Fsp3) is 0.176. The SMILES string of the molecule is COc1ccc(-c2nnc(SCc3c(F)cccc3Cl)o2)c(OC)c1. The van der Waals surface area contributed by atoms with Gasteiger partial charge in [-0.15, -0.1) is 10.2 Å². The first-order valence-electron chi connectivity index (χ1n) is 7.24. The van der Waals surface area contributed by atoms with Gasteiger partial charge in [-0.25, -0.2) is 4.39 Å². The molecular weight excluding hydrogens is 367 g/mol. The normalized spacial score (nSPS) is 10.7. The third kappa shape index (κ3) is 3.88. The molecule has 0 N–H and O–H groups in total. The lowest BCUT2D eigenvalue weighted by molar-refractivity contribution is 0.393. The van der Waals surface area contributed by atoms with E-state index in [0.29, 0.717) is 38.8 Å². The summed E-state index contributed by atoms with van der Waals surface area (Å²) >= 11 is 7.22. The molecule has 1 aromatic heterocycles. The summed E-state index contributed by atoms with van der Waals surface area (Å²) in [4.78, 5) is 0. The predicted molar refractivity (Wildman–Crippen MR) is 93.8 cm³/mol. The first-order chi connectivity index (χ1) is 12.1. The van der Waals surface area contributed by atoms with Crippen LogP contribution in [0, 0.1) is 5.82 Å². The van der Waals surface area contributed by atoms with Crippen molar-refractivity contribution in [2.24, 2.45) is 0 Å². The van der Waals surface area contributed by atoms with Crippen molar-refractivity contribution in [1.29, 1.82) is 0 Å². The number of methoxy groups -OCH3 is 2. The zero-order valence-corrected chi connectivity index (χ0v) is 15.0. The van der Waals surface area contributed by atoms with Crippen molar-refractivity contribution in [3.05, 3.63) is 52.8 Å². The Morgan fingerprint density at radius 1 is 1.16 bits per heavy atom. The molecule has 0 saturated carbocycles. The summed E-state index contributed by atoms with van der Waals surface area (Å²) in [5.41, 5.74) is 1.04. The van der Waals surface area contributed by atoms with E-state index in [4.69, 9.17) is 25.5 Å². The minimum absolute atomic E-state index is 0.285. The molecule has 0 saturated heterocycles. The monoisotopic (exact) mass is 380 g/mol. The summed E-state index contributed by atoms with van der Waals surface area (Å²) in [6.07, 6.45) is 0. The summed E-state index contributed by atoms with van der Waals surface area (Å²) < 4.78 is 29.9. The number of nitrogens with zero attached hydrogens (tertiary/aromatic N) is 2. The van der Waals surface area contributed by atoms with E-state index in [0.717, 1.165) is 0 Å². The second kappa shape index (κ2) is 7.76. The largest absolute Gasteiger partial charge is 0.497 e. The maximum absolute atomic E-state index is 13.8. The lowest BCUT2D eigenvalue weighted by atomic mass is 10.2. The highest BCUT2D eigenvalue weighted by atomic mass is 35.5. The molecule has 0 radical (unpaired) electrons. The Balaban J connectivity index is 1.79. The molecule has 0 aliphatic rings. The average molecular weight is 381 g/mol. The Labute approximate surface area is 153 Å². The molecule has 0 unspecified atom stereocenters. The van der Waals surface area contributed by atoms with Gasteiger partial charge in [0.1, 0.15) is 17.3 Å². The topological polar surface area (TPSA) is 57.4 Å². The Morgan fingerprint density at radius 3 is 2.72 bits per heavy atom. The molecule has 3 aromatic rings. The van der Waals surface area contributed by atoms with Crippen LogP contribution in [0.4, 0.5) is 4.39 Å². The number of ether oxygens (including phenoxy) is 2. The van der Waals surface area contributed by atoms with Crippen molar-refractivity contribution in [1.82, 2.24) is 10.2 Å². The molecule has 8 heteroatoms. The maximum Gasteiger partial charge on any atom is 0.277 e. The number of rotatable bonds is 6. The van der Waals surface area contributed by atoms with Crippen molar-refractivity contribution >= 4 is 23.4 Å². The van der Waals surface area contributed by atoms with Gasteiger partial charge >= 0.3 is 0 Å². The molecule has 1 heterocycles. The standard InChI is InChI=1S/C17H14ClFN2O3S/c1-22-10-6-7-11(15(8-10)23-2)16-20-21-17(24-16)25-9-12-13(18)4-3-5-14(12)19/h3-8H,9H2,1-2H3. The number of hydrogen-bond donors (Lipinski definition) is 0. The molecule has 0 aliphatic carbocycles. The van der Waals surface area contributed by atoms with Gasteiger partial charge in [-0.1, -0.05) is 29.4 Å². The van der Waals surface area contributed by atoms with Crippen LogP contribution in [0.25, 0.3) is 11.5 Å². The highest BCUT2D eigenvalue weighted by molar-refractivity contribution is 7.98. The molecule has 0 spiro atoms. The zero-order chi connectivity index (χ0) is 17.8. The summed E-state index contributed by atoms with van der Waals surface area (Å²) in [6, 6.07) is 9.84. The fourth-order valence-electron chi connectivity index (χ4n) is 2.16. The highest BCUT2D eigenvalue weighted by Crippen LogP contribution is 2.34. The third-order valence-corrected chi connectivity index (χ3v) is 4.65. The van der Waals surface area contributed by atoms with E-state index in [1.165, 1.54) is 17.8 Å². The lowest BCUT2D eigenvalue weighted by Crippen LogP contribution is -1.90. The third-order valence-electron chi connectivity index (χ3n) is 3.45. The summed E-state index contributed by atoms with van der Waals surface area (Å²) in [6.45, 7) is 0. The number of halogens is 2. The van der Waals surface area contributed by atoms with Crippen LogP contribution in [0.15, 0.2) is 46.0 Å². The van der Waals surface area contributed by atoms with Gasteiger partial charge in [0.25, 0.3) is 11.1 Å². The van der Waals surface area contributed by atoms with Gasteiger partial charge in [0, 0.05) is 22.4 Å². The Kier molecular flexibility index (Phi) is 5.45. The molecule has 5 nitrogen and oxygen atoms in total. The Morgan fingerprint density at radius 2 is 2.00 bits per heavy atom. The molecule has 0 atom stereocenters. The van der Waals surface area contributed by atoms with Crippen molar-refractivity contribution in [3.63, 3.8) is 0 Å². The van der Waals surface area contributed by atoms with Gasteiger partial charge in [0.2, 0.25) is 0 Å². The molecule has 0 aliphatic heterocycles. The van der Waals surface area contributed by atoms with Crippen LogP contribution in [0.1, 0.15) is 5.56 Å². The summed E-state index contributed by atoms with van der Waals surface area (Å²) in [5, 5.41) is 8.68. The number of aromatic nitrogens is 2. The fourth-order valence-corrected chi connectivity index (χ4v) is 3.26. The van der Waals surface area contributed by atoms with Gasteiger partial charge in [0.05, 0.1) is 19.8 Å². The van der Waals surface area contributed by atoms with Gasteiger partial charge < -0.3 is 13.9 Å². The average Bonchev–Trinajstić information content (AvgIpc) is 3.09. The zero-order valence-electron chi connectivity index (χ0n) is 13.5. The van der Waals surface area contributed by atoms with Crippen molar-refractivity contribution in [2.75, 3.05) is 14.2 Å². The molecule has 0 amide bonds. The molecule has 3 rings (SSSR count). The van der Waals surface area contributed by atoms with E-state index < -0.39 is 0 Å². The van der Waals surface area contributed by atoms with Crippen LogP contribution < -0.4 is 9.47 Å². The van der Waals surface area contributed by atoms with Gasteiger partial charge in [-0.3, -0.25) is 0 Å². The van der Waals surface area contributed by atoms with Crippen LogP contribution in [-0.4, -0.2) is 24.4 Å². The molecule has 0 fully saturated rings. The van der Waals surface area contributed by atoms with Crippen LogP contribution in [0.5, 0.6) is 11.5 Å².